The zero-order valence-corrected chi connectivity index (χ0v) is 11.5. The van der Waals surface area contributed by atoms with E-state index in [2.05, 4.69) is 9.82 Å². The van der Waals surface area contributed by atoms with Crippen LogP contribution in [0.5, 0.6) is 0 Å². The number of carboxylic acids is 1. The molecule has 0 aromatic carbocycles. The summed E-state index contributed by atoms with van der Waals surface area (Å²) >= 11 is 5.73. The number of aromatic nitrogens is 2. The molecule has 1 rings (SSSR count). The number of halogens is 1. The Labute approximate surface area is 110 Å². The highest BCUT2D eigenvalue weighted by molar-refractivity contribution is 7.89. The Kier molecular flexibility index (Phi) is 4.71. The van der Waals surface area contributed by atoms with Crippen LogP contribution in [0.15, 0.2) is 11.2 Å². The molecule has 0 aliphatic carbocycles. The van der Waals surface area contributed by atoms with Gasteiger partial charge in [0.05, 0.1) is 11.2 Å². The van der Waals surface area contributed by atoms with Gasteiger partial charge in [0.2, 0.25) is 0 Å². The van der Waals surface area contributed by atoms with Crippen LogP contribution >= 0.6 is 11.6 Å². The Morgan fingerprint density at radius 1 is 1.67 bits per heavy atom. The number of carboxylic acid groups (broad SMARTS) is 1. The van der Waals surface area contributed by atoms with E-state index in [-0.39, 0.29) is 28.9 Å². The van der Waals surface area contributed by atoms with Gasteiger partial charge in [-0.1, -0.05) is 18.5 Å². The van der Waals surface area contributed by atoms with Crippen LogP contribution < -0.4 is 4.72 Å². The first-order valence-corrected chi connectivity index (χ1v) is 6.99. The topological polar surface area (TPSA) is 101 Å². The van der Waals surface area contributed by atoms with E-state index in [1.165, 1.54) is 13.2 Å². The van der Waals surface area contributed by atoms with Crippen molar-refractivity contribution in [3.8, 4) is 0 Å². The van der Waals surface area contributed by atoms with Crippen molar-refractivity contribution in [1.29, 1.82) is 0 Å². The van der Waals surface area contributed by atoms with Gasteiger partial charge in [0.1, 0.15) is 0 Å². The molecule has 0 aliphatic rings. The van der Waals surface area contributed by atoms with Crippen LogP contribution in [0.25, 0.3) is 0 Å². The Hall–Kier alpha value is -1.12. The first kappa shape index (κ1) is 14.9. The highest BCUT2D eigenvalue weighted by atomic mass is 35.5. The van der Waals surface area contributed by atoms with Crippen molar-refractivity contribution in [2.24, 2.45) is 13.0 Å². The fourth-order valence-electron chi connectivity index (χ4n) is 1.39. The van der Waals surface area contributed by atoms with E-state index in [4.69, 9.17) is 16.7 Å². The third-order valence-corrected chi connectivity index (χ3v) is 4.17. The first-order chi connectivity index (χ1) is 8.24. The number of hydrogen-bond donors (Lipinski definition) is 2. The molecule has 9 heteroatoms. The van der Waals surface area contributed by atoms with Crippen LogP contribution in [0.3, 0.4) is 0 Å². The summed E-state index contributed by atoms with van der Waals surface area (Å²) in [7, 11) is -2.32. The van der Waals surface area contributed by atoms with E-state index in [0.29, 0.717) is 0 Å². The lowest BCUT2D eigenvalue weighted by atomic mass is 10.1. The van der Waals surface area contributed by atoms with Crippen LogP contribution in [0, 0.1) is 5.92 Å². The van der Waals surface area contributed by atoms with E-state index in [1.54, 1.807) is 6.92 Å². The van der Waals surface area contributed by atoms with Gasteiger partial charge in [-0.15, -0.1) is 0 Å². The maximum Gasteiger partial charge on any atom is 0.303 e. The molecule has 1 aromatic heterocycles. The highest BCUT2D eigenvalue weighted by Crippen LogP contribution is 2.19. The third kappa shape index (κ3) is 3.69. The molecule has 1 aromatic rings. The number of hydrogen-bond acceptors (Lipinski definition) is 4. The minimum Gasteiger partial charge on any atom is -0.481 e. The van der Waals surface area contributed by atoms with Crippen LogP contribution in [0.2, 0.25) is 5.02 Å². The van der Waals surface area contributed by atoms with Gasteiger partial charge in [0.25, 0.3) is 10.0 Å². The SMILES string of the molecule is CC(CNS(=O)(=O)c1c(Cl)cnn1C)CC(=O)O. The molecule has 0 amide bonds. The summed E-state index contributed by atoms with van der Waals surface area (Å²) in [6.45, 7) is 1.66. The second-order valence-electron chi connectivity index (χ2n) is 3.98. The largest absolute Gasteiger partial charge is 0.481 e. The lowest BCUT2D eigenvalue weighted by molar-refractivity contribution is -0.137. The minimum atomic E-state index is -3.78. The van der Waals surface area contributed by atoms with Gasteiger partial charge in [-0.3, -0.25) is 9.48 Å². The number of nitrogens with one attached hydrogen (secondary N) is 1. The predicted molar refractivity (Wildman–Crippen MR) is 64.8 cm³/mol. The number of carbonyl (C=O) groups is 1. The Morgan fingerprint density at radius 3 is 2.72 bits per heavy atom. The second kappa shape index (κ2) is 5.68. The maximum absolute atomic E-state index is 11.9. The lowest BCUT2D eigenvalue weighted by Gasteiger charge is -2.11. The van der Waals surface area contributed by atoms with Gasteiger partial charge >= 0.3 is 5.97 Å². The van der Waals surface area contributed by atoms with Crippen LogP contribution in [0.1, 0.15) is 13.3 Å². The van der Waals surface area contributed by atoms with E-state index < -0.39 is 16.0 Å². The van der Waals surface area contributed by atoms with Gasteiger partial charge in [-0.25, -0.2) is 13.1 Å². The van der Waals surface area contributed by atoms with Crippen LogP contribution in [-0.2, 0) is 21.9 Å². The number of rotatable bonds is 6. The average molecular weight is 296 g/mol. The third-order valence-electron chi connectivity index (χ3n) is 2.24. The quantitative estimate of drug-likeness (QED) is 0.794. The van der Waals surface area contributed by atoms with Crippen molar-refractivity contribution in [2.75, 3.05) is 6.54 Å². The number of aryl methyl sites for hydroxylation is 1. The Bertz CT molecular complexity index is 521. The zero-order valence-electron chi connectivity index (χ0n) is 9.92. The van der Waals surface area contributed by atoms with Gasteiger partial charge in [-0.05, 0) is 5.92 Å². The highest BCUT2D eigenvalue weighted by Gasteiger charge is 2.23. The molecule has 7 nitrogen and oxygen atoms in total. The summed E-state index contributed by atoms with van der Waals surface area (Å²) in [6, 6.07) is 0. The van der Waals surface area contributed by atoms with E-state index >= 15 is 0 Å². The molecular weight excluding hydrogens is 282 g/mol. The fraction of sp³-hybridized carbons (Fsp3) is 0.556. The molecule has 0 radical (unpaired) electrons. The monoisotopic (exact) mass is 295 g/mol. The molecule has 102 valence electrons. The summed E-state index contributed by atoms with van der Waals surface area (Å²) in [5.41, 5.74) is 0. The molecule has 1 unspecified atom stereocenters. The Morgan fingerprint density at radius 2 is 2.28 bits per heavy atom. The maximum atomic E-state index is 11.9. The molecule has 0 spiro atoms. The van der Waals surface area contributed by atoms with Gasteiger partial charge in [-0.2, -0.15) is 5.10 Å². The number of nitrogens with zero attached hydrogens (tertiary/aromatic N) is 2. The molecule has 0 fully saturated rings. The molecule has 0 saturated heterocycles. The summed E-state index contributed by atoms with van der Waals surface area (Å²) in [4.78, 5) is 10.5. The van der Waals surface area contributed by atoms with Crippen molar-refractivity contribution in [1.82, 2.24) is 14.5 Å². The molecule has 0 aliphatic heterocycles. The molecule has 1 atom stereocenters. The van der Waals surface area contributed by atoms with Crippen molar-refractivity contribution < 1.29 is 18.3 Å². The zero-order chi connectivity index (χ0) is 13.9. The second-order valence-corrected chi connectivity index (χ2v) is 6.07. The van der Waals surface area contributed by atoms with Crippen molar-refractivity contribution in [3.63, 3.8) is 0 Å². The van der Waals surface area contributed by atoms with Gasteiger partial charge < -0.3 is 5.11 Å². The van der Waals surface area contributed by atoms with E-state index in [0.717, 1.165) is 4.68 Å². The standard InChI is InChI=1S/C9H14ClN3O4S/c1-6(3-8(14)15)4-12-18(16,17)9-7(10)5-11-13(9)2/h5-6,12H,3-4H2,1-2H3,(H,14,15). The summed E-state index contributed by atoms with van der Waals surface area (Å²) in [5.74, 6) is -1.29. The van der Waals surface area contributed by atoms with E-state index in [9.17, 15) is 13.2 Å². The molecular formula is C9H14ClN3O4S. The van der Waals surface area contributed by atoms with Crippen molar-refractivity contribution >= 4 is 27.6 Å². The average Bonchev–Trinajstić information content (AvgIpc) is 2.55. The van der Waals surface area contributed by atoms with Gasteiger partial charge in [0.15, 0.2) is 5.03 Å². The molecule has 2 N–H and O–H groups in total. The van der Waals surface area contributed by atoms with Crippen LogP contribution in [-0.4, -0.2) is 35.8 Å². The predicted octanol–water partition coefficient (Wildman–Crippen LogP) is 0.463. The fourth-order valence-corrected chi connectivity index (χ4v) is 3.21. The van der Waals surface area contributed by atoms with Gasteiger partial charge in [0, 0.05) is 20.0 Å². The molecule has 1 heterocycles. The summed E-state index contributed by atoms with van der Waals surface area (Å²) in [6.07, 6.45) is 1.12. The summed E-state index contributed by atoms with van der Waals surface area (Å²) < 4.78 is 27.3. The van der Waals surface area contributed by atoms with Crippen molar-refractivity contribution in [2.45, 2.75) is 18.4 Å². The first-order valence-electron chi connectivity index (χ1n) is 5.13. The minimum absolute atomic E-state index is 0.0240. The molecule has 0 saturated carbocycles. The molecule has 18 heavy (non-hydrogen) atoms. The summed E-state index contributed by atoms with van der Waals surface area (Å²) in [5, 5.41) is 12.2. The Balaban J connectivity index is 2.75. The number of aliphatic carboxylic acids is 1. The smallest absolute Gasteiger partial charge is 0.303 e. The van der Waals surface area contributed by atoms with Crippen molar-refractivity contribution in [3.05, 3.63) is 11.2 Å². The molecule has 0 bridgehead atoms. The van der Waals surface area contributed by atoms with E-state index in [1.807, 2.05) is 0 Å². The van der Waals surface area contributed by atoms with Crippen LogP contribution in [0.4, 0.5) is 0 Å². The normalized spacial score (nSPS) is 13.5. The lowest BCUT2D eigenvalue weighted by Crippen LogP contribution is -2.30. The number of sulfonamides is 1.